The van der Waals surface area contributed by atoms with E-state index < -0.39 is 5.91 Å². The number of aromatic nitrogens is 2. The first-order chi connectivity index (χ1) is 8.34. The van der Waals surface area contributed by atoms with Gasteiger partial charge in [0.15, 0.2) is 5.69 Å². The lowest BCUT2D eigenvalue weighted by molar-refractivity contribution is -0.127. The third-order valence-electron chi connectivity index (χ3n) is 2.52. The summed E-state index contributed by atoms with van der Waals surface area (Å²) in [5.74, 6) is -0.491. The second-order valence-corrected chi connectivity index (χ2v) is 4.53. The number of anilines is 1. The van der Waals surface area contributed by atoms with E-state index in [2.05, 4.69) is 15.5 Å². The fourth-order valence-electron chi connectivity index (χ4n) is 1.38. The van der Waals surface area contributed by atoms with Crippen LogP contribution in [0.2, 0.25) is 0 Å². The van der Waals surface area contributed by atoms with Crippen molar-refractivity contribution in [2.75, 3.05) is 26.4 Å². The van der Waals surface area contributed by atoms with Gasteiger partial charge in [-0.25, -0.2) is 0 Å². The highest BCUT2D eigenvalue weighted by Gasteiger charge is 2.19. The minimum Gasteiger partial charge on any atom is -0.395 e. The summed E-state index contributed by atoms with van der Waals surface area (Å²) < 4.78 is 0. The number of nitrogens with two attached hydrogens (primary N) is 1. The Morgan fingerprint density at radius 3 is 2.50 bits per heavy atom. The average Bonchev–Trinajstić information content (AvgIpc) is 2.67. The molecule has 1 heterocycles. The van der Waals surface area contributed by atoms with Gasteiger partial charge in [0.05, 0.1) is 17.9 Å². The van der Waals surface area contributed by atoms with Gasteiger partial charge >= 0.3 is 0 Å². The third-order valence-corrected chi connectivity index (χ3v) is 2.52. The lowest BCUT2D eigenvalue weighted by atomic mass is 10.1. The number of aromatic amines is 1. The van der Waals surface area contributed by atoms with Gasteiger partial charge in [0, 0.05) is 14.1 Å². The molecule has 0 bridgehead atoms. The molecule has 0 aliphatic heterocycles. The predicted molar refractivity (Wildman–Crippen MR) is 68.1 cm³/mol. The van der Waals surface area contributed by atoms with Gasteiger partial charge in [0.25, 0.3) is 5.91 Å². The fraction of sp³-hybridized carbons (Fsp3) is 0.545. The summed E-state index contributed by atoms with van der Waals surface area (Å²) in [6.07, 6.45) is 0. The van der Waals surface area contributed by atoms with Crippen LogP contribution in [0.1, 0.15) is 35.9 Å². The molecule has 0 spiro atoms. The van der Waals surface area contributed by atoms with E-state index in [0.717, 1.165) is 5.69 Å². The molecule has 0 unspecified atom stereocenters. The van der Waals surface area contributed by atoms with E-state index in [-0.39, 0.29) is 24.1 Å². The summed E-state index contributed by atoms with van der Waals surface area (Å²) in [6.45, 7) is 3.82. The molecule has 0 atom stereocenters. The highest BCUT2D eigenvalue weighted by molar-refractivity contribution is 5.99. The Morgan fingerprint density at radius 2 is 2.06 bits per heavy atom. The number of carbonyl (C=O) groups is 2. The summed E-state index contributed by atoms with van der Waals surface area (Å²) in [5, 5.41) is 9.09. The maximum absolute atomic E-state index is 11.8. The number of H-pyrrole nitrogens is 1. The molecule has 1 rings (SSSR count). The number of amides is 2. The zero-order chi connectivity index (χ0) is 13.9. The smallest absolute Gasteiger partial charge is 0.274 e. The van der Waals surface area contributed by atoms with E-state index >= 15 is 0 Å². The lowest BCUT2D eigenvalue weighted by Gasteiger charge is -2.10. The van der Waals surface area contributed by atoms with Gasteiger partial charge in [-0.3, -0.25) is 14.7 Å². The quantitative estimate of drug-likeness (QED) is 0.698. The number of nitrogen functional groups attached to an aromatic ring is 1. The van der Waals surface area contributed by atoms with Crippen molar-refractivity contribution in [1.82, 2.24) is 20.4 Å². The zero-order valence-corrected chi connectivity index (χ0v) is 11.1. The van der Waals surface area contributed by atoms with Crippen LogP contribution in [0.15, 0.2) is 0 Å². The van der Waals surface area contributed by atoms with Crippen LogP contribution in [0.4, 0.5) is 5.69 Å². The van der Waals surface area contributed by atoms with Gasteiger partial charge in [0.2, 0.25) is 5.91 Å². The molecule has 0 aliphatic carbocycles. The van der Waals surface area contributed by atoms with Crippen LogP contribution < -0.4 is 11.1 Å². The van der Waals surface area contributed by atoms with E-state index in [4.69, 9.17) is 5.73 Å². The molecule has 7 heteroatoms. The number of hydrogen-bond donors (Lipinski definition) is 3. The van der Waals surface area contributed by atoms with Crippen LogP contribution >= 0.6 is 0 Å². The lowest BCUT2D eigenvalue weighted by Crippen LogP contribution is -2.36. The topological polar surface area (TPSA) is 104 Å². The average molecular weight is 253 g/mol. The van der Waals surface area contributed by atoms with Crippen LogP contribution in [0.25, 0.3) is 0 Å². The second-order valence-electron chi connectivity index (χ2n) is 4.53. The summed E-state index contributed by atoms with van der Waals surface area (Å²) in [4.78, 5) is 24.5. The molecule has 1 aromatic heterocycles. The summed E-state index contributed by atoms with van der Waals surface area (Å²) in [6, 6.07) is 0. The molecule has 100 valence electrons. The number of hydrogen-bond acceptors (Lipinski definition) is 4. The van der Waals surface area contributed by atoms with Crippen molar-refractivity contribution in [2.45, 2.75) is 19.8 Å². The molecule has 18 heavy (non-hydrogen) atoms. The Kier molecular flexibility index (Phi) is 4.30. The standard InChI is InChI=1S/C11H19N5O2/c1-6(2)9-8(12)10(15-14-9)11(18)13-5-7(17)16(3)4/h6H,5,12H2,1-4H3,(H,13,18)(H,14,15). The van der Waals surface area contributed by atoms with Crippen LogP contribution in [0.3, 0.4) is 0 Å². The molecule has 0 fully saturated rings. The maximum atomic E-state index is 11.8. The number of nitrogens with zero attached hydrogens (tertiary/aromatic N) is 2. The van der Waals surface area contributed by atoms with Crippen molar-refractivity contribution >= 4 is 17.5 Å². The minimum atomic E-state index is -0.453. The molecule has 0 saturated heterocycles. The van der Waals surface area contributed by atoms with Crippen molar-refractivity contribution in [2.24, 2.45) is 0 Å². The zero-order valence-electron chi connectivity index (χ0n) is 11.1. The molecule has 0 aromatic carbocycles. The first kappa shape index (κ1) is 14.0. The molecule has 4 N–H and O–H groups in total. The van der Waals surface area contributed by atoms with Gasteiger partial charge < -0.3 is 16.0 Å². The number of carbonyl (C=O) groups excluding carboxylic acids is 2. The Balaban J connectivity index is 2.71. The maximum Gasteiger partial charge on any atom is 0.274 e. The predicted octanol–water partition coefficient (Wildman–Crippen LogP) is -0.0667. The SMILES string of the molecule is CC(C)c1[nH]nc(C(=O)NCC(=O)N(C)C)c1N. The summed E-state index contributed by atoms with van der Waals surface area (Å²) in [7, 11) is 3.24. The van der Waals surface area contributed by atoms with E-state index in [0.29, 0.717) is 5.69 Å². The number of rotatable bonds is 4. The molecule has 1 aromatic rings. The fourth-order valence-corrected chi connectivity index (χ4v) is 1.38. The molecular weight excluding hydrogens is 234 g/mol. The van der Waals surface area contributed by atoms with E-state index in [1.54, 1.807) is 14.1 Å². The first-order valence-corrected chi connectivity index (χ1v) is 5.66. The van der Waals surface area contributed by atoms with Gasteiger partial charge in [-0.1, -0.05) is 13.8 Å². The molecule has 0 saturated carbocycles. The van der Waals surface area contributed by atoms with Crippen LogP contribution in [-0.4, -0.2) is 47.6 Å². The van der Waals surface area contributed by atoms with E-state index in [1.807, 2.05) is 13.8 Å². The highest BCUT2D eigenvalue weighted by Crippen LogP contribution is 2.21. The van der Waals surface area contributed by atoms with Gasteiger partial charge in [-0.05, 0) is 5.92 Å². The van der Waals surface area contributed by atoms with Crippen LogP contribution in [0, 0.1) is 0 Å². The third kappa shape index (κ3) is 2.99. The van der Waals surface area contributed by atoms with E-state index in [1.165, 1.54) is 4.90 Å². The van der Waals surface area contributed by atoms with Crippen molar-refractivity contribution in [3.05, 3.63) is 11.4 Å². The molecular formula is C11H19N5O2. The Bertz CT molecular complexity index is 450. The normalized spacial score (nSPS) is 10.5. The minimum absolute atomic E-state index is 0.0743. The Labute approximate surface area is 106 Å². The van der Waals surface area contributed by atoms with E-state index in [9.17, 15) is 9.59 Å². The second kappa shape index (κ2) is 5.52. The summed E-state index contributed by atoms with van der Waals surface area (Å²) in [5.41, 5.74) is 7.01. The summed E-state index contributed by atoms with van der Waals surface area (Å²) >= 11 is 0. The van der Waals surface area contributed by atoms with Gasteiger partial charge in [-0.15, -0.1) is 0 Å². The van der Waals surface area contributed by atoms with Crippen molar-refractivity contribution < 1.29 is 9.59 Å². The number of nitrogens with one attached hydrogen (secondary N) is 2. The molecule has 0 radical (unpaired) electrons. The molecule has 7 nitrogen and oxygen atoms in total. The largest absolute Gasteiger partial charge is 0.395 e. The monoisotopic (exact) mass is 253 g/mol. The van der Waals surface area contributed by atoms with Gasteiger partial charge in [0.1, 0.15) is 0 Å². The molecule has 2 amide bonds. The first-order valence-electron chi connectivity index (χ1n) is 5.66. The van der Waals surface area contributed by atoms with Crippen molar-refractivity contribution in [3.63, 3.8) is 0 Å². The Morgan fingerprint density at radius 1 is 1.44 bits per heavy atom. The highest BCUT2D eigenvalue weighted by atomic mass is 16.2. The molecule has 0 aliphatic rings. The van der Waals surface area contributed by atoms with Crippen LogP contribution in [-0.2, 0) is 4.79 Å². The van der Waals surface area contributed by atoms with Crippen molar-refractivity contribution in [3.8, 4) is 0 Å². The van der Waals surface area contributed by atoms with Crippen molar-refractivity contribution in [1.29, 1.82) is 0 Å². The Hall–Kier alpha value is -2.05. The van der Waals surface area contributed by atoms with Gasteiger partial charge in [-0.2, -0.15) is 5.10 Å². The number of likely N-dealkylation sites (N-methyl/N-ethyl adjacent to an activating group) is 1. The van der Waals surface area contributed by atoms with Crippen LogP contribution in [0.5, 0.6) is 0 Å².